The van der Waals surface area contributed by atoms with Gasteiger partial charge in [-0.05, 0) is 37.6 Å². The first-order valence-electron chi connectivity index (χ1n) is 8.08. The van der Waals surface area contributed by atoms with Crippen LogP contribution < -0.4 is 15.8 Å². The average Bonchev–Trinajstić information content (AvgIpc) is 2.56. The Labute approximate surface area is 142 Å². The minimum absolute atomic E-state index is 0.0494. The van der Waals surface area contributed by atoms with Gasteiger partial charge in [-0.3, -0.25) is 9.59 Å². The van der Waals surface area contributed by atoms with Crippen LogP contribution in [0.25, 0.3) is 0 Å². The molecule has 1 atom stereocenters. The summed E-state index contributed by atoms with van der Waals surface area (Å²) in [5, 5.41) is 2.85. The zero-order valence-corrected chi connectivity index (χ0v) is 14.2. The van der Waals surface area contributed by atoms with Crippen molar-refractivity contribution >= 4 is 11.8 Å². The van der Waals surface area contributed by atoms with Crippen molar-refractivity contribution in [3.63, 3.8) is 0 Å². The van der Waals surface area contributed by atoms with Crippen LogP contribution in [0.2, 0.25) is 0 Å². The SMILES string of the molecule is Cc1ccc(C(=O)NCC2CN(C)C(=O)CO2)c(OCCCN)c1. The summed E-state index contributed by atoms with van der Waals surface area (Å²) in [6.45, 7) is 3.81. The van der Waals surface area contributed by atoms with Gasteiger partial charge in [0.2, 0.25) is 5.91 Å². The topological polar surface area (TPSA) is 93.9 Å². The molecule has 1 saturated heterocycles. The number of nitrogens with one attached hydrogen (secondary N) is 1. The maximum Gasteiger partial charge on any atom is 0.255 e. The number of carbonyl (C=O) groups is 2. The molecule has 1 aliphatic heterocycles. The summed E-state index contributed by atoms with van der Waals surface area (Å²) in [6, 6.07) is 5.46. The number of aryl methyl sites for hydroxylation is 1. The van der Waals surface area contributed by atoms with Crippen LogP contribution in [-0.4, -0.2) is 62.7 Å². The van der Waals surface area contributed by atoms with Gasteiger partial charge in [-0.15, -0.1) is 0 Å². The average molecular weight is 335 g/mol. The summed E-state index contributed by atoms with van der Waals surface area (Å²) >= 11 is 0. The fraction of sp³-hybridized carbons (Fsp3) is 0.529. The van der Waals surface area contributed by atoms with Gasteiger partial charge in [-0.25, -0.2) is 0 Å². The van der Waals surface area contributed by atoms with Gasteiger partial charge in [-0.2, -0.15) is 0 Å². The van der Waals surface area contributed by atoms with Crippen molar-refractivity contribution in [2.24, 2.45) is 5.73 Å². The van der Waals surface area contributed by atoms with Crippen molar-refractivity contribution in [3.05, 3.63) is 29.3 Å². The summed E-state index contributed by atoms with van der Waals surface area (Å²) in [5.41, 5.74) is 6.97. The second-order valence-corrected chi connectivity index (χ2v) is 5.91. The molecule has 2 rings (SSSR count). The first kappa shape index (κ1) is 18.2. The molecule has 1 fully saturated rings. The first-order chi connectivity index (χ1) is 11.5. The number of hydrogen-bond donors (Lipinski definition) is 2. The quantitative estimate of drug-likeness (QED) is 0.700. The molecule has 24 heavy (non-hydrogen) atoms. The number of carbonyl (C=O) groups excluding carboxylic acids is 2. The molecular weight excluding hydrogens is 310 g/mol. The van der Waals surface area contributed by atoms with Gasteiger partial charge in [0.15, 0.2) is 0 Å². The number of nitrogens with two attached hydrogens (primary N) is 1. The molecule has 3 N–H and O–H groups in total. The highest BCUT2D eigenvalue weighted by atomic mass is 16.5. The Balaban J connectivity index is 1.95. The van der Waals surface area contributed by atoms with E-state index < -0.39 is 0 Å². The Morgan fingerprint density at radius 3 is 3.00 bits per heavy atom. The van der Waals surface area contributed by atoms with E-state index in [1.54, 1.807) is 18.0 Å². The van der Waals surface area contributed by atoms with Gasteiger partial charge in [-0.1, -0.05) is 6.07 Å². The predicted octanol–water partition coefficient (Wildman–Crippen LogP) is 0.310. The van der Waals surface area contributed by atoms with E-state index in [0.29, 0.717) is 37.6 Å². The van der Waals surface area contributed by atoms with Crippen molar-refractivity contribution < 1.29 is 19.1 Å². The Morgan fingerprint density at radius 2 is 2.29 bits per heavy atom. The molecule has 2 amide bonds. The van der Waals surface area contributed by atoms with Crippen LogP contribution in [0.4, 0.5) is 0 Å². The van der Waals surface area contributed by atoms with E-state index in [0.717, 1.165) is 12.0 Å². The Bertz CT molecular complexity index is 591. The Kier molecular flexibility index (Phi) is 6.57. The van der Waals surface area contributed by atoms with Gasteiger partial charge < -0.3 is 25.4 Å². The van der Waals surface area contributed by atoms with Gasteiger partial charge in [0, 0.05) is 20.1 Å². The van der Waals surface area contributed by atoms with Crippen molar-refractivity contribution in [1.29, 1.82) is 0 Å². The van der Waals surface area contributed by atoms with E-state index in [2.05, 4.69) is 5.32 Å². The van der Waals surface area contributed by atoms with Crippen LogP contribution >= 0.6 is 0 Å². The van der Waals surface area contributed by atoms with Crippen LogP contribution in [-0.2, 0) is 9.53 Å². The normalized spacial score (nSPS) is 17.7. The lowest BCUT2D eigenvalue weighted by Crippen LogP contribution is -2.48. The Morgan fingerprint density at radius 1 is 1.50 bits per heavy atom. The monoisotopic (exact) mass is 335 g/mol. The van der Waals surface area contributed by atoms with E-state index >= 15 is 0 Å². The smallest absolute Gasteiger partial charge is 0.255 e. The molecule has 1 unspecified atom stereocenters. The van der Waals surface area contributed by atoms with Crippen molar-refractivity contribution in [1.82, 2.24) is 10.2 Å². The van der Waals surface area contributed by atoms with Gasteiger partial charge in [0.1, 0.15) is 12.4 Å². The van der Waals surface area contributed by atoms with Gasteiger partial charge in [0.25, 0.3) is 5.91 Å². The molecule has 7 heteroatoms. The summed E-state index contributed by atoms with van der Waals surface area (Å²) < 4.78 is 11.1. The highest BCUT2D eigenvalue weighted by molar-refractivity contribution is 5.97. The lowest BCUT2D eigenvalue weighted by molar-refractivity contribution is -0.146. The number of nitrogens with zero attached hydrogens (tertiary/aromatic N) is 1. The number of rotatable bonds is 7. The number of ether oxygens (including phenoxy) is 2. The summed E-state index contributed by atoms with van der Waals surface area (Å²) in [7, 11) is 1.73. The molecule has 0 aromatic heterocycles. The molecule has 0 bridgehead atoms. The summed E-state index contributed by atoms with van der Waals surface area (Å²) in [6.07, 6.45) is 0.523. The lowest BCUT2D eigenvalue weighted by Gasteiger charge is -2.30. The summed E-state index contributed by atoms with van der Waals surface area (Å²) in [5.74, 6) is 0.283. The summed E-state index contributed by atoms with van der Waals surface area (Å²) in [4.78, 5) is 25.4. The number of benzene rings is 1. The Hall–Kier alpha value is -2.12. The lowest BCUT2D eigenvalue weighted by atomic mass is 10.1. The number of hydrogen-bond acceptors (Lipinski definition) is 5. The van der Waals surface area contributed by atoms with E-state index in [-0.39, 0.29) is 24.5 Å². The third-order valence-corrected chi connectivity index (χ3v) is 3.82. The number of amides is 2. The molecule has 1 aromatic carbocycles. The second kappa shape index (κ2) is 8.65. The molecule has 1 heterocycles. The van der Waals surface area contributed by atoms with E-state index in [1.807, 2.05) is 19.1 Å². The molecule has 0 spiro atoms. The van der Waals surface area contributed by atoms with Crippen LogP contribution in [0.5, 0.6) is 5.75 Å². The van der Waals surface area contributed by atoms with Crippen molar-refractivity contribution in [2.45, 2.75) is 19.4 Å². The second-order valence-electron chi connectivity index (χ2n) is 5.91. The van der Waals surface area contributed by atoms with E-state index in [9.17, 15) is 9.59 Å². The van der Waals surface area contributed by atoms with Crippen LogP contribution in [0.3, 0.4) is 0 Å². The van der Waals surface area contributed by atoms with Gasteiger partial charge >= 0.3 is 0 Å². The van der Waals surface area contributed by atoms with Crippen LogP contribution in [0, 0.1) is 6.92 Å². The highest BCUT2D eigenvalue weighted by Gasteiger charge is 2.24. The highest BCUT2D eigenvalue weighted by Crippen LogP contribution is 2.20. The maximum absolute atomic E-state index is 12.4. The van der Waals surface area contributed by atoms with Crippen molar-refractivity contribution in [2.75, 3.05) is 39.9 Å². The molecule has 0 saturated carbocycles. The fourth-order valence-corrected chi connectivity index (χ4v) is 2.39. The molecule has 0 radical (unpaired) electrons. The predicted molar refractivity (Wildman–Crippen MR) is 90.1 cm³/mol. The molecule has 1 aliphatic rings. The molecule has 0 aliphatic carbocycles. The van der Waals surface area contributed by atoms with E-state index in [4.69, 9.17) is 15.2 Å². The number of likely N-dealkylation sites (N-methyl/N-ethyl adjacent to an activating group) is 1. The molecule has 132 valence electrons. The minimum atomic E-state index is -0.221. The first-order valence-corrected chi connectivity index (χ1v) is 8.08. The molecule has 1 aromatic rings. The maximum atomic E-state index is 12.4. The molecular formula is C17H25N3O4. The standard InChI is InChI=1S/C17H25N3O4/c1-12-4-5-14(15(8-12)23-7-3-6-18)17(22)19-9-13-10-20(2)16(21)11-24-13/h4-5,8,13H,3,6-7,9-11,18H2,1-2H3,(H,19,22). The minimum Gasteiger partial charge on any atom is -0.493 e. The van der Waals surface area contributed by atoms with E-state index in [1.165, 1.54) is 0 Å². The third-order valence-electron chi connectivity index (χ3n) is 3.82. The van der Waals surface area contributed by atoms with Crippen LogP contribution in [0.15, 0.2) is 18.2 Å². The fourth-order valence-electron chi connectivity index (χ4n) is 2.39. The van der Waals surface area contributed by atoms with Gasteiger partial charge in [0.05, 0.1) is 18.3 Å². The number of morpholine rings is 1. The third kappa shape index (κ3) is 4.94. The zero-order chi connectivity index (χ0) is 17.5. The zero-order valence-electron chi connectivity index (χ0n) is 14.2. The largest absolute Gasteiger partial charge is 0.493 e. The van der Waals surface area contributed by atoms with Crippen LogP contribution in [0.1, 0.15) is 22.3 Å². The molecule has 7 nitrogen and oxygen atoms in total. The van der Waals surface area contributed by atoms with Crippen molar-refractivity contribution in [3.8, 4) is 5.75 Å².